The summed E-state index contributed by atoms with van der Waals surface area (Å²) in [4.78, 5) is 17.0. The molecule has 0 saturated carbocycles. The maximum Gasteiger partial charge on any atom is 0.342 e. The first-order chi connectivity index (χ1) is 4.34. The zero-order chi connectivity index (χ0) is 8.36. The first-order valence-corrected chi connectivity index (χ1v) is 4.83. The van der Waals surface area contributed by atoms with E-state index in [1.165, 1.54) is 0 Å². The van der Waals surface area contributed by atoms with Crippen LogP contribution in [-0.4, -0.2) is 15.6 Å². The molecule has 0 aromatic rings. The van der Waals surface area contributed by atoms with Gasteiger partial charge in [0.15, 0.2) is 0 Å². The van der Waals surface area contributed by atoms with Gasteiger partial charge in [0.1, 0.15) is 5.78 Å². The molecule has 0 heterocycles. The van der Waals surface area contributed by atoms with E-state index < -0.39 is 13.4 Å². The normalized spacial score (nSPS) is 14.4. The highest BCUT2D eigenvalue weighted by Gasteiger charge is 2.24. The summed E-state index contributed by atoms with van der Waals surface area (Å²) >= 11 is 0. The zero-order valence-electron chi connectivity index (χ0n) is 6.60. The molecule has 0 aromatic heterocycles. The Morgan fingerprint density at radius 1 is 1.45 bits per heavy atom. The molecule has 4 N–H and O–H groups in total. The van der Waals surface area contributed by atoms with Gasteiger partial charge in [-0.05, 0) is 12.3 Å². The second-order valence-electron chi connectivity index (χ2n) is 2.79. The van der Waals surface area contributed by atoms with E-state index >= 15 is 0 Å². The smallest absolute Gasteiger partial charge is 0.323 e. The van der Waals surface area contributed by atoms with Crippen LogP contribution >= 0.6 is 20.0 Å². The van der Waals surface area contributed by atoms with Crippen LogP contribution in [0.5, 0.6) is 0 Å². The molecule has 0 fully saturated rings. The Balaban J connectivity index is 0. The Kier molecular flexibility index (Phi) is 6.49. The standard InChI is InChI=1S/C5H14NO3P.ClH/c1-4(2)3-5(6)10(7,8)9;/h4-5H,3,6H2,1-2H3,(H2,7,8,9);1H/t5-;/m1./s1. The van der Waals surface area contributed by atoms with Gasteiger partial charge in [-0.2, -0.15) is 0 Å². The van der Waals surface area contributed by atoms with Gasteiger partial charge in [-0.25, -0.2) is 0 Å². The molecule has 0 amide bonds. The van der Waals surface area contributed by atoms with Crippen LogP contribution in [0.4, 0.5) is 0 Å². The maximum absolute atomic E-state index is 10.4. The lowest BCUT2D eigenvalue weighted by Crippen LogP contribution is -2.21. The fourth-order valence-electron chi connectivity index (χ4n) is 0.620. The number of rotatable bonds is 3. The number of halogens is 1. The molecule has 0 aliphatic rings. The van der Waals surface area contributed by atoms with Crippen LogP contribution in [0.25, 0.3) is 0 Å². The molecule has 0 aliphatic heterocycles. The molecule has 0 bridgehead atoms. The van der Waals surface area contributed by atoms with Crippen molar-refractivity contribution in [1.82, 2.24) is 0 Å². The second-order valence-corrected chi connectivity index (χ2v) is 4.63. The highest BCUT2D eigenvalue weighted by molar-refractivity contribution is 7.52. The molecule has 0 saturated heterocycles. The van der Waals surface area contributed by atoms with E-state index in [-0.39, 0.29) is 18.3 Å². The molecular weight excluding hydrogens is 188 g/mol. The van der Waals surface area contributed by atoms with Gasteiger partial charge in [-0.15, -0.1) is 12.4 Å². The molecule has 0 rings (SSSR count). The summed E-state index contributed by atoms with van der Waals surface area (Å²) in [7, 11) is -4.03. The third kappa shape index (κ3) is 6.78. The molecule has 0 radical (unpaired) electrons. The third-order valence-corrected chi connectivity index (χ3v) is 2.22. The van der Waals surface area contributed by atoms with E-state index in [9.17, 15) is 4.57 Å². The van der Waals surface area contributed by atoms with Gasteiger partial charge >= 0.3 is 7.60 Å². The minimum atomic E-state index is -4.03. The van der Waals surface area contributed by atoms with E-state index in [0.29, 0.717) is 6.42 Å². The predicted molar refractivity (Wildman–Crippen MR) is 46.7 cm³/mol. The lowest BCUT2D eigenvalue weighted by atomic mass is 10.1. The minimum Gasteiger partial charge on any atom is -0.323 e. The first-order valence-electron chi connectivity index (χ1n) is 3.15. The first kappa shape index (κ1) is 14.0. The lowest BCUT2D eigenvalue weighted by molar-refractivity contribution is 0.348. The van der Waals surface area contributed by atoms with Gasteiger partial charge in [0.2, 0.25) is 0 Å². The van der Waals surface area contributed by atoms with E-state index in [0.717, 1.165) is 0 Å². The van der Waals surface area contributed by atoms with E-state index in [2.05, 4.69) is 0 Å². The Hall–Kier alpha value is 0.400. The Labute approximate surface area is 72.7 Å². The summed E-state index contributed by atoms with van der Waals surface area (Å²) in [5.74, 6) is -0.768. The van der Waals surface area contributed by atoms with E-state index in [4.69, 9.17) is 15.5 Å². The molecular formula is C5H15ClNO3P. The van der Waals surface area contributed by atoms with Gasteiger partial charge in [0, 0.05) is 0 Å². The third-order valence-electron chi connectivity index (χ3n) is 1.14. The average molecular weight is 204 g/mol. The second kappa shape index (κ2) is 5.12. The molecule has 0 unspecified atom stereocenters. The summed E-state index contributed by atoms with van der Waals surface area (Å²) in [6, 6.07) is 0. The minimum absolute atomic E-state index is 0. The number of nitrogens with two attached hydrogens (primary N) is 1. The van der Waals surface area contributed by atoms with Gasteiger partial charge in [-0.1, -0.05) is 13.8 Å². The number of hydrogen-bond acceptors (Lipinski definition) is 2. The van der Waals surface area contributed by atoms with Crippen LogP contribution in [0.3, 0.4) is 0 Å². The largest absolute Gasteiger partial charge is 0.342 e. The van der Waals surface area contributed by atoms with Gasteiger partial charge < -0.3 is 15.5 Å². The van der Waals surface area contributed by atoms with Crippen LogP contribution in [0.2, 0.25) is 0 Å². The van der Waals surface area contributed by atoms with Crippen LogP contribution in [-0.2, 0) is 4.57 Å². The van der Waals surface area contributed by atoms with Crippen molar-refractivity contribution in [1.29, 1.82) is 0 Å². The summed E-state index contributed by atoms with van der Waals surface area (Å²) in [5.41, 5.74) is 5.19. The molecule has 0 aliphatic carbocycles. The summed E-state index contributed by atoms with van der Waals surface area (Å²) in [6.07, 6.45) is 0.365. The van der Waals surface area contributed by atoms with Crippen LogP contribution in [0.15, 0.2) is 0 Å². The summed E-state index contributed by atoms with van der Waals surface area (Å²) in [6.45, 7) is 3.74. The fourth-order valence-corrected chi connectivity index (χ4v) is 1.32. The van der Waals surface area contributed by atoms with Gasteiger partial charge in [0.25, 0.3) is 0 Å². The van der Waals surface area contributed by atoms with Crippen molar-refractivity contribution in [3.8, 4) is 0 Å². The highest BCUT2D eigenvalue weighted by Crippen LogP contribution is 2.40. The molecule has 4 nitrogen and oxygen atoms in total. The molecule has 1 atom stereocenters. The van der Waals surface area contributed by atoms with Crippen LogP contribution in [0, 0.1) is 5.92 Å². The quantitative estimate of drug-likeness (QED) is 0.596. The van der Waals surface area contributed by atoms with Crippen molar-refractivity contribution >= 4 is 20.0 Å². The SMILES string of the molecule is CC(C)C[C@H](N)P(=O)(O)O.Cl. The van der Waals surface area contributed by atoms with Crippen molar-refractivity contribution in [2.45, 2.75) is 26.1 Å². The van der Waals surface area contributed by atoms with Crippen molar-refractivity contribution in [2.75, 3.05) is 0 Å². The maximum atomic E-state index is 10.4. The average Bonchev–Trinajstić information content (AvgIpc) is 1.60. The Bertz CT molecular complexity index is 147. The van der Waals surface area contributed by atoms with Gasteiger partial charge in [0.05, 0.1) is 0 Å². The van der Waals surface area contributed by atoms with Crippen molar-refractivity contribution in [3.63, 3.8) is 0 Å². The number of hydrogen-bond donors (Lipinski definition) is 3. The van der Waals surface area contributed by atoms with Crippen molar-refractivity contribution in [2.24, 2.45) is 11.7 Å². The molecule has 70 valence electrons. The Morgan fingerprint density at radius 2 is 1.82 bits per heavy atom. The van der Waals surface area contributed by atoms with Crippen LogP contribution < -0.4 is 5.73 Å². The van der Waals surface area contributed by atoms with Crippen LogP contribution in [0.1, 0.15) is 20.3 Å². The summed E-state index contributed by atoms with van der Waals surface area (Å²) in [5, 5.41) is 0. The summed E-state index contributed by atoms with van der Waals surface area (Å²) < 4.78 is 10.4. The van der Waals surface area contributed by atoms with E-state index in [1.54, 1.807) is 0 Å². The van der Waals surface area contributed by atoms with E-state index in [1.807, 2.05) is 13.8 Å². The predicted octanol–water partition coefficient (Wildman–Crippen LogP) is 0.917. The highest BCUT2D eigenvalue weighted by atomic mass is 35.5. The molecule has 0 aromatic carbocycles. The Morgan fingerprint density at radius 3 is 1.91 bits per heavy atom. The zero-order valence-corrected chi connectivity index (χ0v) is 8.31. The van der Waals surface area contributed by atoms with Gasteiger partial charge in [-0.3, -0.25) is 4.57 Å². The van der Waals surface area contributed by atoms with Crippen molar-refractivity contribution in [3.05, 3.63) is 0 Å². The fraction of sp³-hybridized carbons (Fsp3) is 1.00. The monoisotopic (exact) mass is 203 g/mol. The topological polar surface area (TPSA) is 83.6 Å². The molecule has 0 spiro atoms. The molecule has 11 heavy (non-hydrogen) atoms. The lowest BCUT2D eigenvalue weighted by Gasteiger charge is -2.14. The molecule has 6 heteroatoms. The van der Waals surface area contributed by atoms with Crippen molar-refractivity contribution < 1.29 is 14.4 Å².